The first-order chi connectivity index (χ1) is 12.3. The lowest BCUT2D eigenvalue weighted by Crippen LogP contribution is -2.39. The summed E-state index contributed by atoms with van der Waals surface area (Å²) in [5, 5.41) is 9.92. The Morgan fingerprint density at radius 3 is 2.88 bits per heavy atom. The number of hydrogen-bond acceptors (Lipinski definition) is 4. The van der Waals surface area contributed by atoms with Crippen LogP contribution in [-0.2, 0) is 13.0 Å². The highest BCUT2D eigenvalue weighted by atomic mass is 32.1. The molecule has 0 fully saturated rings. The molecule has 1 aromatic carbocycles. The van der Waals surface area contributed by atoms with Gasteiger partial charge in [0.15, 0.2) is 5.96 Å². The van der Waals surface area contributed by atoms with Gasteiger partial charge in [-0.3, -0.25) is 4.99 Å². The van der Waals surface area contributed by atoms with E-state index in [2.05, 4.69) is 41.6 Å². The van der Waals surface area contributed by atoms with Gasteiger partial charge in [-0.05, 0) is 25.5 Å². The monoisotopic (exact) mass is 356 g/mol. The Bertz CT molecular complexity index is 835. The molecule has 0 radical (unpaired) electrons. The van der Waals surface area contributed by atoms with Crippen molar-refractivity contribution in [1.29, 1.82) is 0 Å². The first-order valence-corrected chi connectivity index (χ1v) is 9.39. The molecule has 0 aliphatic heterocycles. The zero-order valence-corrected chi connectivity index (χ0v) is 15.5. The number of fused-ring (bicyclic) bond motifs is 1. The highest BCUT2D eigenvalue weighted by Crippen LogP contribution is 2.11. The molecular weight excluding hydrogens is 332 g/mol. The SMILES string of the molecule is CN=C(NCCCn1cnc2ccccc21)NCCc1csc(C)n1. The molecule has 132 valence electrons. The maximum atomic E-state index is 4.47. The molecule has 7 heteroatoms. The highest BCUT2D eigenvalue weighted by Gasteiger charge is 2.02. The molecule has 0 amide bonds. The Morgan fingerprint density at radius 2 is 2.08 bits per heavy atom. The Kier molecular flexibility index (Phi) is 6.00. The third-order valence-electron chi connectivity index (χ3n) is 3.96. The molecule has 0 spiro atoms. The molecular formula is C18H24N6S. The second kappa shape index (κ2) is 8.62. The summed E-state index contributed by atoms with van der Waals surface area (Å²) in [6.45, 7) is 4.66. The summed E-state index contributed by atoms with van der Waals surface area (Å²) in [5.74, 6) is 0.836. The van der Waals surface area contributed by atoms with Crippen LogP contribution in [-0.4, -0.2) is 40.6 Å². The average molecular weight is 356 g/mol. The Hall–Kier alpha value is -2.41. The number of benzene rings is 1. The quantitative estimate of drug-likeness (QED) is 0.388. The number of imidazole rings is 1. The van der Waals surface area contributed by atoms with Gasteiger partial charge in [-0.15, -0.1) is 11.3 Å². The van der Waals surface area contributed by atoms with Crippen molar-refractivity contribution in [3.05, 3.63) is 46.7 Å². The standard InChI is InChI=1S/C18H24N6S/c1-14-23-15(12-25-14)8-10-21-18(19-2)20-9-5-11-24-13-22-16-6-3-4-7-17(16)24/h3-4,6-7,12-13H,5,8-11H2,1-2H3,(H2,19,20,21). The van der Waals surface area contributed by atoms with Crippen LogP contribution in [0.3, 0.4) is 0 Å². The summed E-state index contributed by atoms with van der Waals surface area (Å²) in [4.78, 5) is 13.2. The van der Waals surface area contributed by atoms with Gasteiger partial charge in [0.1, 0.15) is 0 Å². The van der Waals surface area contributed by atoms with Crippen LogP contribution in [0.25, 0.3) is 11.0 Å². The normalized spacial score (nSPS) is 11.8. The molecule has 2 heterocycles. The van der Waals surface area contributed by atoms with E-state index in [0.29, 0.717) is 0 Å². The van der Waals surface area contributed by atoms with Gasteiger partial charge < -0.3 is 15.2 Å². The summed E-state index contributed by atoms with van der Waals surface area (Å²) in [6, 6.07) is 8.22. The van der Waals surface area contributed by atoms with Crippen LogP contribution in [0, 0.1) is 6.92 Å². The minimum Gasteiger partial charge on any atom is -0.356 e. The predicted octanol–water partition coefficient (Wildman–Crippen LogP) is 2.60. The van der Waals surface area contributed by atoms with Crippen molar-refractivity contribution in [2.75, 3.05) is 20.1 Å². The average Bonchev–Trinajstić information content (AvgIpc) is 3.23. The van der Waals surface area contributed by atoms with Crippen LogP contribution in [0.4, 0.5) is 0 Å². The molecule has 0 aliphatic carbocycles. The van der Waals surface area contributed by atoms with Crippen molar-refractivity contribution >= 4 is 28.3 Å². The van der Waals surface area contributed by atoms with Crippen LogP contribution >= 0.6 is 11.3 Å². The fourth-order valence-electron chi connectivity index (χ4n) is 2.70. The van der Waals surface area contributed by atoms with E-state index in [9.17, 15) is 0 Å². The lowest BCUT2D eigenvalue weighted by molar-refractivity contribution is 0.636. The molecule has 2 aromatic heterocycles. The van der Waals surface area contributed by atoms with Crippen molar-refractivity contribution in [2.45, 2.75) is 26.3 Å². The number of aromatic nitrogens is 3. The summed E-state index contributed by atoms with van der Waals surface area (Å²) in [5.41, 5.74) is 3.37. The molecule has 3 rings (SSSR count). The van der Waals surface area contributed by atoms with Crippen molar-refractivity contribution in [2.24, 2.45) is 4.99 Å². The summed E-state index contributed by atoms with van der Waals surface area (Å²) < 4.78 is 2.19. The van der Waals surface area contributed by atoms with Gasteiger partial charge in [-0.25, -0.2) is 9.97 Å². The second-order valence-electron chi connectivity index (χ2n) is 5.81. The first-order valence-electron chi connectivity index (χ1n) is 8.51. The second-order valence-corrected chi connectivity index (χ2v) is 6.88. The fourth-order valence-corrected chi connectivity index (χ4v) is 3.34. The largest absolute Gasteiger partial charge is 0.356 e. The third kappa shape index (κ3) is 4.79. The van der Waals surface area contributed by atoms with Gasteiger partial charge in [-0.2, -0.15) is 0 Å². The number of rotatable bonds is 7. The van der Waals surface area contributed by atoms with E-state index < -0.39 is 0 Å². The van der Waals surface area contributed by atoms with Gasteiger partial charge >= 0.3 is 0 Å². The lowest BCUT2D eigenvalue weighted by atomic mass is 10.3. The van der Waals surface area contributed by atoms with Crippen LogP contribution < -0.4 is 10.6 Å². The number of aryl methyl sites for hydroxylation is 2. The van der Waals surface area contributed by atoms with E-state index in [1.165, 1.54) is 5.52 Å². The Labute approximate surface area is 152 Å². The molecule has 0 atom stereocenters. The third-order valence-corrected chi connectivity index (χ3v) is 4.78. The van der Waals surface area contributed by atoms with Crippen molar-refractivity contribution in [3.8, 4) is 0 Å². The molecule has 25 heavy (non-hydrogen) atoms. The van der Waals surface area contributed by atoms with E-state index in [1.54, 1.807) is 18.4 Å². The lowest BCUT2D eigenvalue weighted by Gasteiger charge is -2.11. The number of nitrogens with zero attached hydrogens (tertiary/aromatic N) is 4. The van der Waals surface area contributed by atoms with E-state index in [4.69, 9.17) is 0 Å². The number of aliphatic imine (C=N–C) groups is 1. The predicted molar refractivity (Wildman–Crippen MR) is 104 cm³/mol. The van der Waals surface area contributed by atoms with E-state index in [1.807, 2.05) is 31.5 Å². The smallest absolute Gasteiger partial charge is 0.190 e. The van der Waals surface area contributed by atoms with Gasteiger partial charge in [-0.1, -0.05) is 12.1 Å². The number of nitrogens with one attached hydrogen (secondary N) is 2. The van der Waals surface area contributed by atoms with Gasteiger partial charge in [0.25, 0.3) is 0 Å². The molecule has 0 aliphatic rings. The summed E-state index contributed by atoms with van der Waals surface area (Å²) in [6.07, 6.45) is 3.83. The summed E-state index contributed by atoms with van der Waals surface area (Å²) >= 11 is 1.69. The zero-order valence-electron chi connectivity index (χ0n) is 14.7. The molecule has 0 saturated heterocycles. The number of hydrogen-bond donors (Lipinski definition) is 2. The molecule has 2 N–H and O–H groups in total. The number of para-hydroxylation sites is 2. The molecule has 6 nitrogen and oxygen atoms in total. The van der Waals surface area contributed by atoms with E-state index in [0.717, 1.165) is 54.7 Å². The van der Waals surface area contributed by atoms with Crippen molar-refractivity contribution in [1.82, 2.24) is 25.2 Å². The van der Waals surface area contributed by atoms with Crippen LogP contribution in [0.2, 0.25) is 0 Å². The van der Waals surface area contributed by atoms with Crippen molar-refractivity contribution in [3.63, 3.8) is 0 Å². The summed E-state index contributed by atoms with van der Waals surface area (Å²) in [7, 11) is 1.80. The molecule has 0 saturated carbocycles. The molecule has 0 unspecified atom stereocenters. The minimum absolute atomic E-state index is 0.828. The number of guanidine groups is 1. The van der Waals surface area contributed by atoms with E-state index >= 15 is 0 Å². The van der Waals surface area contributed by atoms with E-state index in [-0.39, 0.29) is 0 Å². The number of thiazole rings is 1. The van der Waals surface area contributed by atoms with Gasteiger partial charge in [0.05, 0.1) is 28.1 Å². The van der Waals surface area contributed by atoms with Crippen molar-refractivity contribution < 1.29 is 0 Å². The zero-order chi connectivity index (χ0) is 17.5. The van der Waals surface area contributed by atoms with Crippen LogP contribution in [0.1, 0.15) is 17.1 Å². The fraction of sp³-hybridized carbons (Fsp3) is 0.389. The first kappa shape index (κ1) is 17.4. The molecule has 3 aromatic rings. The Morgan fingerprint density at radius 1 is 1.24 bits per heavy atom. The Balaban J connectivity index is 1.38. The highest BCUT2D eigenvalue weighted by molar-refractivity contribution is 7.09. The van der Waals surface area contributed by atoms with Crippen LogP contribution in [0.5, 0.6) is 0 Å². The van der Waals surface area contributed by atoms with Gasteiger partial charge in [0.2, 0.25) is 0 Å². The van der Waals surface area contributed by atoms with Gasteiger partial charge in [0, 0.05) is 38.5 Å². The topological polar surface area (TPSA) is 67.1 Å². The molecule has 0 bridgehead atoms. The maximum Gasteiger partial charge on any atom is 0.190 e. The van der Waals surface area contributed by atoms with Crippen LogP contribution in [0.15, 0.2) is 41.0 Å². The minimum atomic E-state index is 0.828. The maximum absolute atomic E-state index is 4.47.